The summed E-state index contributed by atoms with van der Waals surface area (Å²) < 4.78 is 6.42. The lowest BCUT2D eigenvalue weighted by atomic mass is 9.71. The van der Waals surface area contributed by atoms with Crippen LogP contribution in [-0.4, -0.2) is 52.7 Å². The van der Waals surface area contributed by atoms with Crippen LogP contribution in [0, 0.1) is 5.92 Å². The van der Waals surface area contributed by atoms with Gasteiger partial charge in [0.1, 0.15) is 0 Å². The molecule has 7 nitrogen and oxygen atoms in total. The Hall–Kier alpha value is -3.45. The molecule has 186 valence electrons. The number of carbonyl (C=O) groups excluding carboxylic acids is 2. The van der Waals surface area contributed by atoms with Crippen molar-refractivity contribution in [2.24, 2.45) is 5.92 Å². The minimum absolute atomic E-state index is 0.104. The van der Waals surface area contributed by atoms with Crippen molar-refractivity contribution in [3.63, 3.8) is 0 Å². The summed E-state index contributed by atoms with van der Waals surface area (Å²) in [6.07, 6.45) is 5.39. The quantitative estimate of drug-likeness (QED) is 0.499. The van der Waals surface area contributed by atoms with Crippen molar-refractivity contribution in [1.82, 2.24) is 20.4 Å². The van der Waals surface area contributed by atoms with Crippen molar-refractivity contribution in [2.75, 3.05) is 19.7 Å². The van der Waals surface area contributed by atoms with Crippen molar-refractivity contribution in [3.05, 3.63) is 78.0 Å². The molecule has 0 bridgehead atoms. The zero-order valence-corrected chi connectivity index (χ0v) is 20.4. The second-order valence-corrected chi connectivity index (χ2v) is 10.3. The van der Waals surface area contributed by atoms with Crippen LogP contribution in [0.4, 0.5) is 0 Å². The van der Waals surface area contributed by atoms with Crippen molar-refractivity contribution in [3.8, 4) is 0 Å². The van der Waals surface area contributed by atoms with E-state index in [2.05, 4.69) is 40.3 Å². The smallest absolute Gasteiger partial charge is 0.228 e. The van der Waals surface area contributed by atoms with E-state index in [4.69, 9.17) is 4.74 Å². The van der Waals surface area contributed by atoms with E-state index in [9.17, 15) is 9.59 Å². The number of benzene rings is 2. The third-order valence-corrected chi connectivity index (χ3v) is 8.20. The third kappa shape index (κ3) is 3.91. The van der Waals surface area contributed by atoms with Crippen molar-refractivity contribution in [1.29, 1.82) is 0 Å². The molecule has 7 heteroatoms. The molecular formula is C29H32N4O3. The molecule has 2 fully saturated rings. The maximum atomic E-state index is 13.3. The number of ether oxygens (including phenoxy) is 1. The maximum Gasteiger partial charge on any atom is 0.228 e. The van der Waals surface area contributed by atoms with Crippen LogP contribution in [0.5, 0.6) is 0 Å². The normalized spacial score (nSPS) is 22.5. The van der Waals surface area contributed by atoms with Crippen molar-refractivity contribution >= 4 is 22.7 Å². The number of nitrogens with one attached hydrogen (secondary N) is 2. The molecule has 6 rings (SSSR count). The molecule has 3 aliphatic rings. The first kappa shape index (κ1) is 23.0. The molecule has 2 atom stereocenters. The molecule has 1 aliphatic heterocycles. The molecule has 1 saturated carbocycles. The van der Waals surface area contributed by atoms with Crippen LogP contribution in [0.2, 0.25) is 0 Å². The fraction of sp³-hybridized carbons (Fsp3) is 0.414. The van der Waals surface area contributed by atoms with Gasteiger partial charge in [-0.05, 0) is 42.9 Å². The highest BCUT2D eigenvalue weighted by atomic mass is 16.5. The van der Waals surface area contributed by atoms with Gasteiger partial charge in [-0.3, -0.25) is 14.7 Å². The van der Waals surface area contributed by atoms with Crippen LogP contribution < -0.4 is 5.32 Å². The SMILES string of the molecule is C=CCO[C@H]1[C@H](NC(=O)C2CC2)c2ccccc2C12CCN(C(=O)Cc1[nH]nc3ccccc13)CC2. The topological polar surface area (TPSA) is 87.3 Å². The van der Waals surface area contributed by atoms with Gasteiger partial charge in [-0.25, -0.2) is 0 Å². The highest BCUT2D eigenvalue weighted by Crippen LogP contribution is 2.52. The molecule has 2 aromatic carbocycles. The van der Waals surface area contributed by atoms with Gasteiger partial charge in [-0.15, -0.1) is 6.58 Å². The Labute approximate surface area is 210 Å². The third-order valence-electron chi connectivity index (χ3n) is 8.20. The molecule has 0 unspecified atom stereocenters. The van der Waals surface area contributed by atoms with Gasteiger partial charge in [0.15, 0.2) is 0 Å². The summed E-state index contributed by atoms with van der Waals surface area (Å²) in [5, 5.41) is 11.7. The van der Waals surface area contributed by atoms with Crippen LogP contribution in [0.1, 0.15) is 48.5 Å². The van der Waals surface area contributed by atoms with Crippen LogP contribution in [0.25, 0.3) is 10.9 Å². The zero-order valence-electron chi connectivity index (χ0n) is 20.4. The lowest BCUT2D eigenvalue weighted by Crippen LogP contribution is -2.52. The number of nitrogens with zero attached hydrogens (tertiary/aromatic N) is 2. The van der Waals surface area contributed by atoms with Crippen molar-refractivity contribution in [2.45, 2.75) is 49.7 Å². The number of hydrogen-bond acceptors (Lipinski definition) is 4. The molecule has 2 amide bonds. The van der Waals surface area contributed by atoms with E-state index < -0.39 is 0 Å². The predicted octanol–water partition coefficient (Wildman–Crippen LogP) is 3.82. The standard InChI is InChI=1S/C29H32N4O3/c1-2-17-36-27-26(30-28(35)19-11-12-19)20-7-3-5-9-22(20)29(27)13-15-33(16-14-29)25(34)18-24-21-8-4-6-10-23(21)31-32-24/h2-10,19,26-27H,1,11-18H2,(H,30,35)(H,31,32)/t26-,27+/m1/s1. The number of amides is 2. The number of carbonyl (C=O) groups is 2. The lowest BCUT2D eigenvalue weighted by molar-refractivity contribution is -0.133. The van der Waals surface area contributed by atoms with E-state index in [1.807, 2.05) is 35.2 Å². The number of piperidine rings is 1. The maximum absolute atomic E-state index is 13.3. The summed E-state index contributed by atoms with van der Waals surface area (Å²) in [6, 6.07) is 16.1. The first-order chi connectivity index (χ1) is 17.6. The van der Waals surface area contributed by atoms with Gasteiger partial charge < -0.3 is 15.0 Å². The van der Waals surface area contributed by atoms with E-state index in [0.29, 0.717) is 26.1 Å². The summed E-state index contributed by atoms with van der Waals surface area (Å²) in [7, 11) is 0. The van der Waals surface area contributed by atoms with E-state index in [1.54, 1.807) is 6.08 Å². The van der Waals surface area contributed by atoms with Gasteiger partial charge in [0.2, 0.25) is 11.8 Å². The number of hydrogen-bond donors (Lipinski definition) is 2. The molecule has 1 saturated heterocycles. The molecule has 0 radical (unpaired) electrons. The van der Waals surface area contributed by atoms with Gasteiger partial charge in [-0.2, -0.15) is 5.10 Å². The van der Waals surface area contributed by atoms with Gasteiger partial charge in [-0.1, -0.05) is 48.5 Å². The Bertz CT molecular complexity index is 1300. The lowest BCUT2D eigenvalue weighted by Gasteiger charge is -2.44. The molecule has 2 heterocycles. The predicted molar refractivity (Wildman–Crippen MR) is 137 cm³/mol. The van der Waals surface area contributed by atoms with Crippen molar-refractivity contribution < 1.29 is 14.3 Å². The highest BCUT2D eigenvalue weighted by molar-refractivity contribution is 5.87. The molecule has 2 N–H and O–H groups in total. The second kappa shape index (κ2) is 9.21. The van der Waals surface area contributed by atoms with E-state index >= 15 is 0 Å². The summed E-state index contributed by atoms with van der Waals surface area (Å²) in [4.78, 5) is 28.0. The number of aromatic nitrogens is 2. The van der Waals surface area contributed by atoms with E-state index in [1.165, 1.54) is 5.56 Å². The molecule has 3 aromatic rings. The van der Waals surface area contributed by atoms with E-state index in [0.717, 1.165) is 47.8 Å². The van der Waals surface area contributed by atoms with Gasteiger partial charge in [0.05, 0.1) is 36.4 Å². The largest absolute Gasteiger partial charge is 0.371 e. The van der Waals surface area contributed by atoms with Gasteiger partial charge in [0.25, 0.3) is 0 Å². The monoisotopic (exact) mass is 484 g/mol. The number of aromatic amines is 1. The number of likely N-dealkylation sites (tertiary alicyclic amines) is 1. The fourth-order valence-electron chi connectivity index (χ4n) is 6.18. The Morgan fingerprint density at radius 2 is 1.89 bits per heavy atom. The molecule has 1 spiro atoms. The fourth-order valence-corrected chi connectivity index (χ4v) is 6.18. The van der Waals surface area contributed by atoms with Crippen LogP contribution in [0.15, 0.2) is 61.2 Å². The van der Waals surface area contributed by atoms with E-state index in [-0.39, 0.29) is 35.3 Å². The summed E-state index contributed by atoms with van der Waals surface area (Å²) in [5.41, 5.74) is 3.87. The molecule has 36 heavy (non-hydrogen) atoms. The Kier molecular flexibility index (Phi) is 5.88. The summed E-state index contributed by atoms with van der Waals surface area (Å²) in [5.74, 6) is 0.359. The van der Waals surface area contributed by atoms with Gasteiger partial charge >= 0.3 is 0 Å². The summed E-state index contributed by atoms with van der Waals surface area (Å²) in [6.45, 7) is 5.57. The Balaban J connectivity index is 1.23. The highest BCUT2D eigenvalue weighted by Gasteiger charge is 2.55. The average molecular weight is 485 g/mol. The molecular weight excluding hydrogens is 452 g/mol. The summed E-state index contributed by atoms with van der Waals surface area (Å²) >= 11 is 0. The van der Waals surface area contributed by atoms with Crippen LogP contribution in [0.3, 0.4) is 0 Å². The molecule has 1 aromatic heterocycles. The van der Waals surface area contributed by atoms with Crippen LogP contribution in [-0.2, 0) is 26.2 Å². The average Bonchev–Trinajstić information content (AvgIpc) is 3.65. The first-order valence-electron chi connectivity index (χ1n) is 12.9. The number of fused-ring (bicyclic) bond motifs is 3. The minimum Gasteiger partial charge on any atom is -0.371 e. The number of H-pyrrole nitrogens is 1. The minimum atomic E-state index is -0.251. The molecule has 2 aliphatic carbocycles. The number of para-hydroxylation sites is 1. The Morgan fingerprint density at radius 1 is 1.14 bits per heavy atom. The van der Waals surface area contributed by atoms with Gasteiger partial charge in [0, 0.05) is 29.8 Å². The zero-order chi connectivity index (χ0) is 24.7. The first-order valence-corrected chi connectivity index (χ1v) is 12.9. The number of rotatable bonds is 7. The Morgan fingerprint density at radius 3 is 2.67 bits per heavy atom. The van der Waals surface area contributed by atoms with Crippen LogP contribution >= 0.6 is 0 Å². The second-order valence-electron chi connectivity index (χ2n) is 10.3.